The summed E-state index contributed by atoms with van der Waals surface area (Å²) in [5.74, 6) is -1.10. The molecule has 3 aromatic carbocycles. The molecule has 31 heavy (non-hydrogen) atoms. The molecule has 1 atom stereocenters. The van der Waals surface area contributed by atoms with Crippen LogP contribution in [0.25, 0.3) is 0 Å². The van der Waals surface area contributed by atoms with Crippen molar-refractivity contribution in [2.75, 3.05) is 0 Å². The van der Waals surface area contributed by atoms with Crippen LogP contribution >= 0.6 is 0 Å². The Balaban J connectivity index is 1.47. The number of benzene rings is 3. The van der Waals surface area contributed by atoms with Crippen LogP contribution in [0.2, 0.25) is 0 Å². The number of halogens is 2. The van der Waals surface area contributed by atoms with Gasteiger partial charge in [0.1, 0.15) is 11.6 Å². The van der Waals surface area contributed by atoms with Gasteiger partial charge in [-0.2, -0.15) is 0 Å². The Hall–Kier alpha value is -3.54. The van der Waals surface area contributed by atoms with Gasteiger partial charge in [0.25, 0.3) is 0 Å². The molecule has 0 aliphatic heterocycles. The fourth-order valence-corrected chi connectivity index (χ4v) is 3.23. The lowest BCUT2D eigenvalue weighted by Gasteiger charge is -2.15. The number of rotatable bonds is 8. The van der Waals surface area contributed by atoms with Gasteiger partial charge in [0.05, 0.1) is 18.9 Å². The minimum atomic E-state index is -0.364. The molecule has 1 unspecified atom stereocenters. The average molecular weight is 422 g/mol. The molecule has 0 aliphatic rings. The molecule has 2 N–H and O–H groups in total. The predicted molar refractivity (Wildman–Crippen MR) is 115 cm³/mol. The van der Waals surface area contributed by atoms with Crippen LogP contribution in [0.3, 0.4) is 0 Å². The number of nitrogens with one attached hydrogen (secondary N) is 2. The van der Waals surface area contributed by atoms with E-state index in [1.54, 1.807) is 24.3 Å². The average Bonchev–Trinajstić information content (AvgIpc) is 2.72. The van der Waals surface area contributed by atoms with Gasteiger partial charge in [-0.3, -0.25) is 9.59 Å². The lowest BCUT2D eigenvalue weighted by molar-refractivity contribution is -0.121. The topological polar surface area (TPSA) is 58.2 Å². The van der Waals surface area contributed by atoms with Crippen molar-refractivity contribution in [3.8, 4) is 0 Å². The van der Waals surface area contributed by atoms with Crippen LogP contribution < -0.4 is 10.6 Å². The molecule has 3 aromatic rings. The van der Waals surface area contributed by atoms with Crippen LogP contribution in [-0.4, -0.2) is 11.8 Å². The molecule has 3 rings (SSSR count). The summed E-state index contributed by atoms with van der Waals surface area (Å²) in [5.41, 5.74) is 3.07. The van der Waals surface area contributed by atoms with E-state index >= 15 is 0 Å². The van der Waals surface area contributed by atoms with Crippen LogP contribution in [0.1, 0.15) is 35.2 Å². The summed E-state index contributed by atoms with van der Waals surface area (Å²) < 4.78 is 26.5. The third-order valence-electron chi connectivity index (χ3n) is 4.85. The lowest BCUT2D eigenvalue weighted by atomic mass is 10.1. The summed E-state index contributed by atoms with van der Waals surface area (Å²) in [6.45, 7) is 2.23. The van der Waals surface area contributed by atoms with Gasteiger partial charge in [-0.25, -0.2) is 8.78 Å². The molecule has 4 nitrogen and oxygen atoms in total. The first-order valence-electron chi connectivity index (χ1n) is 10.0. The molecule has 0 radical (unpaired) electrons. The van der Waals surface area contributed by atoms with Crippen molar-refractivity contribution in [1.29, 1.82) is 0 Å². The summed E-state index contributed by atoms with van der Waals surface area (Å²) in [4.78, 5) is 24.3. The molecule has 0 aromatic heterocycles. The minimum Gasteiger partial charge on any atom is -0.352 e. The second kappa shape index (κ2) is 10.5. The smallest absolute Gasteiger partial charge is 0.224 e. The summed E-state index contributed by atoms with van der Waals surface area (Å²) in [6, 6.07) is 19.3. The minimum absolute atomic E-state index is 0.109. The summed E-state index contributed by atoms with van der Waals surface area (Å²) in [6.07, 6.45) is 0.224. The number of hydrogen-bond donors (Lipinski definition) is 2. The van der Waals surface area contributed by atoms with E-state index in [1.165, 1.54) is 24.3 Å². The third kappa shape index (κ3) is 7.03. The molecule has 0 fully saturated rings. The highest BCUT2D eigenvalue weighted by molar-refractivity contribution is 5.79. The second-order valence-corrected chi connectivity index (χ2v) is 7.42. The van der Waals surface area contributed by atoms with Crippen LogP contribution in [0.15, 0.2) is 72.8 Å². The monoisotopic (exact) mass is 422 g/mol. The number of hydrogen-bond acceptors (Lipinski definition) is 2. The highest BCUT2D eigenvalue weighted by Gasteiger charge is 2.11. The van der Waals surface area contributed by atoms with E-state index in [1.807, 2.05) is 31.2 Å². The van der Waals surface area contributed by atoms with Crippen molar-refractivity contribution in [3.63, 3.8) is 0 Å². The Morgan fingerprint density at radius 3 is 1.87 bits per heavy atom. The van der Waals surface area contributed by atoms with Crippen LogP contribution in [0.5, 0.6) is 0 Å². The van der Waals surface area contributed by atoms with Crippen LogP contribution in [0, 0.1) is 11.6 Å². The molecule has 6 heteroatoms. The van der Waals surface area contributed by atoms with E-state index < -0.39 is 0 Å². The fraction of sp³-hybridized carbons (Fsp3) is 0.200. The van der Waals surface area contributed by atoms with Gasteiger partial charge in [-0.05, 0) is 53.4 Å². The molecule has 160 valence electrons. The largest absolute Gasteiger partial charge is 0.352 e. The normalized spacial score (nSPS) is 11.6. The third-order valence-corrected chi connectivity index (χ3v) is 4.85. The van der Waals surface area contributed by atoms with Gasteiger partial charge in [-0.15, -0.1) is 0 Å². The second-order valence-electron chi connectivity index (χ2n) is 7.42. The first kappa shape index (κ1) is 22.2. The zero-order valence-electron chi connectivity index (χ0n) is 17.2. The molecular formula is C25H24F2N2O2. The quantitative estimate of drug-likeness (QED) is 0.570. The van der Waals surface area contributed by atoms with Crippen molar-refractivity contribution < 1.29 is 18.4 Å². The van der Waals surface area contributed by atoms with E-state index in [0.29, 0.717) is 17.7 Å². The lowest BCUT2D eigenvalue weighted by Crippen LogP contribution is -2.28. The molecular weight excluding hydrogens is 398 g/mol. The molecule has 0 aliphatic carbocycles. The number of carbonyl (C=O) groups excluding carboxylic acids is 2. The van der Waals surface area contributed by atoms with E-state index in [4.69, 9.17) is 0 Å². The maximum Gasteiger partial charge on any atom is 0.224 e. The zero-order chi connectivity index (χ0) is 22.2. The molecule has 0 heterocycles. The van der Waals surface area contributed by atoms with Crippen molar-refractivity contribution in [2.45, 2.75) is 32.4 Å². The van der Waals surface area contributed by atoms with Gasteiger partial charge in [0.2, 0.25) is 11.8 Å². The van der Waals surface area contributed by atoms with Crippen LogP contribution in [-0.2, 0) is 29.0 Å². The maximum absolute atomic E-state index is 13.2. The Morgan fingerprint density at radius 1 is 0.774 bits per heavy atom. The molecule has 0 spiro atoms. The van der Waals surface area contributed by atoms with Gasteiger partial charge >= 0.3 is 0 Å². The first-order chi connectivity index (χ1) is 14.9. The van der Waals surface area contributed by atoms with Crippen LogP contribution in [0.4, 0.5) is 8.78 Å². The van der Waals surface area contributed by atoms with Gasteiger partial charge in [0, 0.05) is 6.54 Å². The van der Waals surface area contributed by atoms with Gasteiger partial charge in [0.15, 0.2) is 0 Å². The summed E-state index contributed by atoms with van der Waals surface area (Å²) in [7, 11) is 0. The number of carbonyl (C=O) groups is 2. The first-order valence-corrected chi connectivity index (χ1v) is 10.0. The SMILES string of the molecule is CC(NC(=O)Cc1cccc(F)c1)c1ccc(CNC(=O)Cc2cccc(F)c2)cc1. The highest BCUT2D eigenvalue weighted by atomic mass is 19.1. The van der Waals surface area contributed by atoms with Crippen molar-refractivity contribution in [3.05, 3.63) is 107 Å². The molecule has 0 bridgehead atoms. The zero-order valence-corrected chi connectivity index (χ0v) is 17.2. The van der Waals surface area contributed by atoms with E-state index in [-0.39, 0.29) is 42.3 Å². The fourth-order valence-electron chi connectivity index (χ4n) is 3.23. The Kier molecular flexibility index (Phi) is 7.49. The van der Waals surface area contributed by atoms with Gasteiger partial charge < -0.3 is 10.6 Å². The van der Waals surface area contributed by atoms with E-state index in [0.717, 1.165) is 11.1 Å². The van der Waals surface area contributed by atoms with Crippen molar-refractivity contribution in [1.82, 2.24) is 10.6 Å². The van der Waals surface area contributed by atoms with Crippen molar-refractivity contribution >= 4 is 11.8 Å². The highest BCUT2D eigenvalue weighted by Crippen LogP contribution is 2.14. The Labute approximate surface area is 180 Å². The molecule has 0 saturated heterocycles. The summed E-state index contributed by atoms with van der Waals surface area (Å²) in [5, 5.41) is 5.72. The summed E-state index contributed by atoms with van der Waals surface area (Å²) >= 11 is 0. The predicted octanol–water partition coefficient (Wildman–Crippen LogP) is 4.24. The Morgan fingerprint density at radius 2 is 1.32 bits per heavy atom. The molecule has 2 amide bonds. The number of amides is 2. The molecule has 0 saturated carbocycles. The Bertz CT molecular complexity index is 1050. The standard InChI is InChI=1S/C25H24F2N2O2/c1-17(29-25(31)15-20-5-3-7-23(27)13-20)21-10-8-18(9-11-21)16-28-24(30)14-19-4-2-6-22(26)12-19/h2-13,17H,14-16H2,1H3,(H,28,30)(H,29,31). The van der Waals surface area contributed by atoms with E-state index in [2.05, 4.69) is 10.6 Å². The maximum atomic E-state index is 13.2. The van der Waals surface area contributed by atoms with E-state index in [9.17, 15) is 18.4 Å². The van der Waals surface area contributed by atoms with Gasteiger partial charge in [-0.1, -0.05) is 48.5 Å². The van der Waals surface area contributed by atoms with Crippen molar-refractivity contribution in [2.24, 2.45) is 0 Å².